The molecular weight excluding hydrogens is 260 g/mol. The number of nitrogens with one attached hydrogen (secondary N) is 1. The fourth-order valence-electron chi connectivity index (χ4n) is 3.62. The molecule has 21 heavy (non-hydrogen) atoms. The lowest BCUT2D eigenvalue weighted by atomic mass is 9.76. The molecule has 3 heteroatoms. The molecule has 0 saturated heterocycles. The first kappa shape index (κ1) is 16.0. The average Bonchev–Trinajstić information content (AvgIpc) is 2.49. The molecule has 0 aliphatic heterocycles. The monoisotopic (exact) mass is 288 g/mol. The number of nitrogens with two attached hydrogens (primary N) is 1. The van der Waals surface area contributed by atoms with Gasteiger partial charge in [0.2, 0.25) is 5.91 Å². The minimum Gasteiger partial charge on any atom is -0.349 e. The van der Waals surface area contributed by atoms with E-state index in [1.165, 1.54) is 6.42 Å². The van der Waals surface area contributed by atoms with E-state index in [4.69, 9.17) is 5.73 Å². The first-order chi connectivity index (χ1) is 10.1. The molecule has 1 aromatic rings. The molecule has 1 amide bonds. The second kappa shape index (κ2) is 7.08. The van der Waals surface area contributed by atoms with E-state index in [2.05, 4.69) is 19.2 Å². The van der Waals surface area contributed by atoms with Crippen LogP contribution in [0.15, 0.2) is 30.3 Å². The highest BCUT2D eigenvalue weighted by Gasteiger charge is 2.36. The van der Waals surface area contributed by atoms with Gasteiger partial charge in [0.15, 0.2) is 0 Å². The van der Waals surface area contributed by atoms with Gasteiger partial charge in [-0.15, -0.1) is 0 Å². The van der Waals surface area contributed by atoms with Crippen molar-refractivity contribution in [1.29, 1.82) is 0 Å². The number of benzene rings is 1. The molecule has 1 aromatic carbocycles. The van der Waals surface area contributed by atoms with E-state index < -0.39 is 0 Å². The largest absolute Gasteiger partial charge is 0.349 e. The van der Waals surface area contributed by atoms with Gasteiger partial charge >= 0.3 is 0 Å². The molecule has 3 N–H and O–H groups in total. The van der Waals surface area contributed by atoms with Crippen LogP contribution in [0.2, 0.25) is 0 Å². The van der Waals surface area contributed by atoms with Gasteiger partial charge in [0.05, 0.1) is 11.5 Å². The SMILES string of the molecule is CCC(C(=O)NC1(CN)CCCC(C)C1)c1ccccc1. The molecule has 1 aliphatic carbocycles. The zero-order valence-corrected chi connectivity index (χ0v) is 13.3. The zero-order valence-electron chi connectivity index (χ0n) is 13.3. The van der Waals surface area contributed by atoms with Crippen LogP contribution in [0.1, 0.15) is 57.4 Å². The Hall–Kier alpha value is -1.35. The summed E-state index contributed by atoms with van der Waals surface area (Å²) in [5.74, 6) is 0.689. The molecule has 0 spiro atoms. The van der Waals surface area contributed by atoms with Crippen LogP contribution in [0.25, 0.3) is 0 Å². The van der Waals surface area contributed by atoms with Crippen LogP contribution >= 0.6 is 0 Å². The van der Waals surface area contributed by atoms with Crippen LogP contribution in [0.5, 0.6) is 0 Å². The van der Waals surface area contributed by atoms with E-state index in [-0.39, 0.29) is 17.4 Å². The summed E-state index contributed by atoms with van der Waals surface area (Å²) in [6, 6.07) is 10.0. The minimum absolute atomic E-state index is 0.0770. The van der Waals surface area contributed by atoms with Crippen molar-refractivity contribution >= 4 is 5.91 Å². The topological polar surface area (TPSA) is 55.1 Å². The summed E-state index contributed by atoms with van der Waals surface area (Å²) in [5, 5.41) is 3.30. The number of rotatable bonds is 5. The Morgan fingerprint density at radius 1 is 1.43 bits per heavy atom. The number of hydrogen-bond donors (Lipinski definition) is 2. The maximum absolute atomic E-state index is 12.7. The maximum atomic E-state index is 12.7. The lowest BCUT2D eigenvalue weighted by Gasteiger charge is -2.40. The quantitative estimate of drug-likeness (QED) is 0.874. The number of amides is 1. The fraction of sp³-hybridized carbons (Fsp3) is 0.611. The molecule has 116 valence electrons. The molecule has 0 radical (unpaired) electrons. The van der Waals surface area contributed by atoms with Gasteiger partial charge in [-0.3, -0.25) is 4.79 Å². The van der Waals surface area contributed by atoms with Crippen molar-refractivity contribution in [1.82, 2.24) is 5.32 Å². The fourth-order valence-corrected chi connectivity index (χ4v) is 3.62. The normalized spacial score (nSPS) is 27.1. The molecule has 0 heterocycles. The van der Waals surface area contributed by atoms with Crippen LogP contribution in [0.3, 0.4) is 0 Å². The number of carbonyl (C=O) groups excluding carboxylic acids is 1. The summed E-state index contributed by atoms with van der Waals surface area (Å²) in [6.07, 6.45) is 5.21. The Morgan fingerprint density at radius 3 is 2.71 bits per heavy atom. The van der Waals surface area contributed by atoms with E-state index in [1.54, 1.807) is 0 Å². The molecule has 0 bridgehead atoms. The maximum Gasteiger partial charge on any atom is 0.228 e. The molecule has 0 aromatic heterocycles. The highest BCUT2D eigenvalue weighted by atomic mass is 16.2. The third kappa shape index (κ3) is 3.85. The Bertz CT molecular complexity index is 460. The lowest BCUT2D eigenvalue weighted by molar-refractivity contribution is -0.125. The molecule has 1 fully saturated rings. The summed E-state index contributed by atoms with van der Waals surface area (Å²) in [6.45, 7) is 4.86. The Kier molecular flexibility index (Phi) is 5.40. The molecule has 3 atom stereocenters. The van der Waals surface area contributed by atoms with Gasteiger partial charge in [0.1, 0.15) is 0 Å². The van der Waals surface area contributed by atoms with Gasteiger partial charge in [-0.2, -0.15) is 0 Å². The van der Waals surface area contributed by atoms with Gasteiger partial charge in [-0.25, -0.2) is 0 Å². The summed E-state index contributed by atoms with van der Waals surface area (Å²) in [7, 11) is 0. The van der Waals surface area contributed by atoms with Crippen molar-refractivity contribution in [2.75, 3.05) is 6.54 Å². The molecule has 3 nitrogen and oxygen atoms in total. The zero-order chi connectivity index (χ0) is 15.3. The third-order valence-electron chi connectivity index (χ3n) is 4.80. The summed E-state index contributed by atoms with van der Waals surface area (Å²) >= 11 is 0. The Labute approximate surface area is 128 Å². The molecule has 3 unspecified atom stereocenters. The molecule has 1 saturated carbocycles. The van der Waals surface area contributed by atoms with Crippen LogP contribution < -0.4 is 11.1 Å². The van der Waals surface area contributed by atoms with Gasteiger partial charge in [-0.05, 0) is 30.7 Å². The van der Waals surface area contributed by atoms with Crippen LogP contribution in [-0.2, 0) is 4.79 Å². The second-order valence-electron chi connectivity index (χ2n) is 6.55. The molecule has 2 rings (SSSR count). The standard InChI is InChI=1S/C18H28N2O/c1-3-16(15-9-5-4-6-10-15)17(21)20-18(13-19)11-7-8-14(2)12-18/h4-6,9-10,14,16H,3,7-8,11-13,19H2,1-2H3,(H,20,21). The van der Waals surface area contributed by atoms with Crippen LogP contribution in [0.4, 0.5) is 0 Å². The molecule has 1 aliphatic rings. The van der Waals surface area contributed by atoms with E-state index in [0.717, 1.165) is 31.2 Å². The van der Waals surface area contributed by atoms with Crippen LogP contribution in [-0.4, -0.2) is 18.0 Å². The van der Waals surface area contributed by atoms with Crippen molar-refractivity contribution < 1.29 is 4.79 Å². The van der Waals surface area contributed by atoms with E-state index in [0.29, 0.717) is 12.5 Å². The van der Waals surface area contributed by atoms with Crippen LogP contribution in [0, 0.1) is 5.92 Å². The van der Waals surface area contributed by atoms with E-state index in [9.17, 15) is 4.79 Å². The van der Waals surface area contributed by atoms with Gasteiger partial charge < -0.3 is 11.1 Å². The number of hydrogen-bond acceptors (Lipinski definition) is 2. The second-order valence-corrected chi connectivity index (χ2v) is 6.55. The van der Waals surface area contributed by atoms with Crippen molar-refractivity contribution in [3.05, 3.63) is 35.9 Å². The smallest absolute Gasteiger partial charge is 0.228 e. The predicted molar refractivity (Wildman–Crippen MR) is 87.0 cm³/mol. The molecular formula is C18H28N2O. The van der Waals surface area contributed by atoms with E-state index >= 15 is 0 Å². The minimum atomic E-state index is -0.197. The number of carbonyl (C=O) groups is 1. The Balaban J connectivity index is 2.11. The van der Waals surface area contributed by atoms with Crippen molar-refractivity contribution in [2.24, 2.45) is 11.7 Å². The van der Waals surface area contributed by atoms with Gasteiger partial charge in [0, 0.05) is 6.54 Å². The lowest BCUT2D eigenvalue weighted by Crippen LogP contribution is -2.56. The summed E-state index contributed by atoms with van der Waals surface area (Å²) < 4.78 is 0. The van der Waals surface area contributed by atoms with Gasteiger partial charge in [-0.1, -0.05) is 57.0 Å². The summed E-state index contributed by atoms with van der Waals surface area (Å²) in [5.41, 5.74) is 6.91. The average molecular weight is 288 g/mol. The van der Waals surface area contributed by atoms with Crippen molar-refractivity contribution in [2.45, 2.75) is 57.4 Å². The third-order valence-corrected chi connectivity index (χ3v) is 4.80. The first-order valence-corrected chi connectivity index (χ1v) is 8.17. The first-order valence-electron chi connectivity index (χ1n) is 8.17. The van der Waals surface area contributed by atoms with Crippen molar-refractivity contribution in [3.8, 4) is 0 Å². The highest BCUT2D eigenvalue weighted by Crippen LogP contribution is 2.32. The highest BCUT2D eigenvalue weighted by molar-refractivity contribution is 5.84. The van der Waals surface area contributed by atoms with Gasteiger partial charge in [0.25, 0.3) is 0 Å². The van der Waals surface area contributed by atoms with E-state index in [1.807, 2.05) is 30.3 Å². The van der Waals surface area contributed by atoms with Crippen molar-refractivity contribution in [3.63, 3.8) is 0 Å². The predicted octanol–water partition coefficient (Wildman–Crippen LogP) is 3.20. The summed E-state index contributed by atoms with van der Waals surface area (Å²) in [4.78, 5) is 12.7. The Morgan fingerprint density at radius 2 is 2.14 bits per heavy atom.